The van der Waals surface area contributed by atoms with E-state index in [9.17, 15) is 9.18 Å². The Morgan fingerprint density at radius 3 is 2.59 bits per heavy atom. The molecule has 1 N–H and O–H groups in total. The number of halogens is 1. The largest absolute Gasteiger partial charge is 0.478 e. The third-order valence-corrected chi connectivity index (χ3v) is 4.90. The van der Waals surface area contributed by atoms with E-state index in [1.165, 1.54) is 12.1 Å². The second-order valence-electron chi connectivity index (χ2n) is 6.82. The lowest BCUT2D eigenvalue weighted by Gasteiger charge is -2.18. The molecule has 0 fully saturated rings. The number of imidazole rings is 1. The fourth-order valence-corrected chi connectivity index (χ4v) is 3.48. The van der Waals surface area contributed by atoms with Gasteiger partial charge in [-0.3, -0.25) is 0 Å². The summed E-state index contributed by atoms with van der Waals surface area (Å²) < 4.78 is 15.5. The fourth-order valence-electron chi connectivity index (χ4n) is 3.48. The number of para-hydroxylation sites is 2. The van der Waals surface area contributed by atoms with Gasteiger partial charge in [-0.2, -0.15) is 0 Å². The minimum atomic E-state index is -0.993. The molecule has 29 heavy (non-hydrogen) atoms. The lowest BCUT2D eigenvalue weighted by molar-refractivity contribution is -0.131. The molecule has 4 aromatic rings. The molecule has 1 unspecified atom stereocenters. The van der Waals surface area contributed by atoms with Gasteiger partial charge in [0, 0.05) is 11.6 Å². The second kappa shape index (κ2) is 7.72. The molecular weight excluding hydrogens is 367 g/mol. The maximum absolute atomic E-state index is 13.4. The molecule has 0 aliphatic carbocycles. The van der Waals surface area contributed by atoms with Crippen molar-refractivity contribution >= 4 is 23.1 Å². The van der Waals surface area contributed by atoms with Crippen LogP contribution in [0.4, 0.5) is 4.39 Å². The Kier molecular flexibility index (Phi) is 4.96. The maximum Gasteiger partial charge on any atom is 0.328 e. The summed E-state index contributed by atoms with van der Waals surface area (Å²) in [6.07, 6.45) is 2.67. The summed E-state index contributed by atoms with van der Waals surface area (Å²) in [7, 11) is 0. The molecule has 0 amide bonds. The van der Waals surface area contributed by atoms with Gasteiger partial charge in [0.2, 0.25) is 0 Å². The van der Waals surface area contributed by atoms with Gasteiger partial charge in [0.1, 0.15) is 11.6 Å². The van der Waals surface area contributed by atoms with Crippen LogP contribution in [0.3, 0.4) is 0 Å². The molecule has 0 spiro atoms. The number of nitrogens with zero attached hydrogens (tertiary/aromatic N) is 2. The molecule has 1 heterocycles. The summed E-state index contributed by atoms with van der Waals surface area (Å²) in [5.41, 5.74) is 4.46. The Balaban J connectivity index is 1.87. The molecule has 0 saturated heterocycles. The van der Waals surface area contributed by atoms with Crippen molar-refractivity contribution in [3.8, 4) is 11.4 Å². The third kappa shape index (κ3) is 3.80. The van der Waals surface area contributed by atoms with Crippen LogP contribution < -0.4 is 0 Å². The van der Waals surface area contributed by atoms with Crippen LogP contribution in [-0.4, -0.2) is 20.6 Å². The number of benzene rings is 3. The zero-order valence-corrected chi connectivity index (χ0v) is 15.8. The average Bonchev–Trinajstić information content (AvgIpc) is 3.12. The van der Waals surface area contributed by atoms with Crippen LogP contribution in [0.5, 0.6) is 0 Å². The zero-order valence-electron chi connectivity index (χ0n) is 15.8. The smallest absolute Gasteiger partial charge is 0.328 e. The molecule has 3 aromatic carbocycles. The third-order valence-electron chi connectivity index (χ3n) is 4.90. The van der Waals surface area contributed by atoms with Crippen molar-refractivity contribution < 1.29 is 14.3 Å². The first-order chi connectivity index (χ1) is 14.0. The number of hydrogen-bond donors (Lipinski definition) is 1. The minimum absolute atomic E-state index is 0.0729. The summed E-state index contributed by atoms with van der Waals surface area (Å²) in [5, 5.41) is 8.89. The van der Waals surface area contributed by atoms with Gasteiger partial charge < -0.3 is 9.67 Å². The predicted octanol–water partition coefficient (Wildman–Crippen LogP) is 5.55. The van der Waals surface area contributed by atoms with Gasteiger partial charge >= 0.3 is 5.97 Å². The van der Waals surface area contributed by atoms with Crippen molar-refractivity contribution in [3.05, 3.63) is 95.8 Å². The van der Waals surface area contributed by atoms with E-state index in [0.717, 1.165) is 39.6 Å². The predicted molar refractivity (Wildman–Crippen MR) is 112 cm³/mol. The number of aromatic nitrogens is 2. The first-order valence-corrected chi connectivity index (χ1v) is 9.27. The van der Waals surface area contributed by atoms with Gasteiger partial charge in [0.15, 0.2) is 0 Å². The van der Waals surface area contributed by atoms with Crippen LogP contribution in [-0.2, 0) is 4.79 Å². The highest BCUT2D eigenvalue weighted by Gasteiger charge is 2.18. The molecule has 5 heteroatoms. The lowest BCUT2D eigenvalue weighted by atomic mass is 10.1. The van der Waals surface area contributed by atoms with Crippen LogP contribution in [0, 0.1) is 5.82 Å². The number of hydrogen-bond acceptors (Lipinski definition) is 2. The molecule has 0 bridgehead atoms. The average molecular weight is 386 g/mol. The number of carbonyl (C=O) groups is 1. The van der Waals surface area contributed by atoms with E-state index in [1.807, 2.05) is 48.5 Å². The topological polar surface area (TPSA) is 55.1 Å². The SMILES string of the molecule is CC(c1ccc(F)cc1)n1c(-c2cccc(/C=C/C(=O)O)c2)nc2ccccc21. The van der Waals surface area contributed by atoms with Crippen molar-refractivity contribution in [2.45, 2.75) is 13.0 Å². The Labute approximate surface area is 167 Å². The van der Waals surface area contributed by atoms with Gasteiger partial charge in [0.05, 0.1) is 17.1 Å². The summed E-state index contributed by atoms with van der Waals surface area (Å²) >= 11 is 0. The van der Waals surface area contributed by atoms with E-state index in [1.54, 1.807) is 18.2 Å². The van der Waals surface area contributed by atoms with Crippen molar-refractivity contribution in [3.63, 3.8) is 0 Å². The van der Waals surface area contributed by atoms with Gasteiger partial charge in [-0.1, -0.05) is 42.5 Å². The molecule has 1 aromatic heterocycles. The molecule has 0 saturated carbocycles. The molecular formula is C24H19FN2O2. The summed E-state index contributed by atoms with van der Waals surface area (Å²) in [5.74, 6) is -0.490. The number of fused-ring (bicyclic) bond motifs is 1. The Hall–Kier alpha value is -3.73. The quantitative estimate of drug-likeness (QED) is 0.458. The van der Waals surface area contributed by atoms with E-state index in [0.29, 0.717) is 0 Å². The van der Waals surface area contributed by atoms with Crippen LogP contribution >= 0.6 is 0 Å². The van der Waals surface area contributed by atoms with Gasteiger partial charge in [-0.15, -0.1) is 0 Å². The zero-order chi connectivity index (χ0) is 20.4. The van der Waals surface area contributed by atoms with Crippen LogP contribution in [0.15, 0.2) is 78.9 Å². The Bertz CT molecular complexity index is 1210. The molecule has 1 atom stereocenters. The van der Waals surface area contributed by atoms with E-state index >= 15 is 0 Å². The second-order valence-corrected chi connectivity index (χ2v) is 6.82. The number of carboxylic acid groups (broad SMARTS) is 1. The minimum Gasteiger partial charge on any atom is -0.478 e. The summed E-state index contributed by atoms with van der Waals surface area (Å²) in [4.78, 5) is 15.7. The lowest BCUT2D eigenvalue weighted by Crippen LogP contribution is -2.08. The number of aliphatic carboxylic acids is 1. The van der Waals surface area contributed by atoms with E-state index in [2.05, 4.69) is 11.5 Å². The number of carboxylic acids is 1. The standard InChI is InChI=1S/C24H19FN2O2/c1-16(18-10-12-20(25)13-11-18)27-22-8-3-2-7-21(22)26-24(27)19-6-4-5-17(15-19)9-14-23(28)29/h2-16H,1H3,(H,28,29)/b14-9+. The van der Waals surface area contributed by atoms with Crippen LogP contribution in [0.25, 0.3) is 28.5 Å². The molecule has 0 aliphatic rings. The van der Waals surface area contributed by atoms with Gasteiger partial charge in [0.25, 0.3) is 0 Å². The van der Waals surface area contributed by atoms with Crippen molar-refractivity contribution in [2.24, 2.45) is 0 Å². The van der Waals surface area contributed by atoms with Gasteiger partial charge in [-0.05, 0) is 54.5 Å². The van der Waals surface area contributed by atoms with E-state index < -0.39 is 5.97 Å². The highest BCUT2D eigenvalue weighted by Crippen LogP contribution is 2.32. The van der Waals surface area contributed by atoms with Crippen molar-refractivity contribution in [2.75, 3.05) is 0 Å². The Morgan fingerprint density at radius 1 is 1.07 bits per heavy atom. The van der Waals surface area contributed by atoms with Crippen LogP contribution in [0.1, 0.15) is 24.1 Å². The van der Waals surface area contributed by atoms with Crippen LogP contribution in [0.2, 0.25) is 0 Å². The first-order valence-electron chi connectivity index (χ1n) is 9.27. The molecule has 144 valence electrons. The molecule has 0 radical (unpaired) electrons. The van der Waals surface area contributed by atoms with Crippen molar-refractivity contribution in [1.29, 1.82) is 0 Å². The highest BCUT2D eigenvalue weighted by molar-refractivity contribution is 5.86. The van der Waals surface area contributed by atoms with E-state index in [-0.39, 0.29) is 11.9 Å². The maximum atomic E-state index is 13.4. The monoisotopic (exact) mass is 386 g/mol. The normalized spacial score (nSPS) is 12.5. The van der Waals surface area contributed by atoms with Crippen molar-refractivity contribution in [1.82, 2.24) is 9.55 Å². The summed E-state index contributed by atoms with van der Waals surface area (Å²) in [6, 6.07) is 21.9. The molecule has 4 nitrogen and oxygen atoms in total. The van der Waals surface area contributed by atoms with E-state index in [4.69, 9.17) is 10.1 Å². The number of rotatable bonds is 5. The summed E-state index contributed by atoms with van der Waals surface area (Å²) in [6.45, 7) is 2.05. The molecule has 4 rings (SSSR count). The first kappa shape index (κ1) is 18.6. The molecule has 0 aliphatic heterocycles. The highest BCUT2D eigenvalue weighted by atomic mass is 19.1. The fraction of sp³-hybridized carbons (Fsp3) is 0.0833. The Morgan fingerprint density at radius 2 is 1.83 bits per heavy atom. The van der Waals surface area contributed by atoms with Gasteiger partial charge in [-0.25, -0.2) is 14.2 Å².